The number of amides is 1. The summed E-state index contributed by atoms with van der Waals surface area (Å²) in [5.74, 6) is 0.656. The summed E-state index contributed by atoms with van der Waals surface area (Å²) < 4.78 is 7.81. The van der Waals surface area contributed by atoms with Crippen LogP contribution in [0.4, 0.5) is 10.7 Å². The Balaban J connectivity index is 1.71. The first-order valence-electron chi connectivity index (χ1n) is 10.3. The molecule has 0 aliphatic heterocycles. The van der Waals surface area contributed by atoms with Crippen LogP contribution in [0, 0.1) is 3.57 Å². The molecule has 1 heterocycles. The van der Waals surface area contributed by atoms with Gasteiger partial charge in [-0.15, -0.1) is 11.3 Å². The summed E-state index contributed by atoms with van der Waals surface area (Å²) >= 11 is 7.43. The van der Waals surface area contributed by atoms with Crippen LogP contribution in [0.15, 0.2) is 64.6 Å². The Bertz CT molecular complexity index is 1170. The molecule has 1 aliphatic carbocycles. The van der Waals surface area contributed by atoms with Crippen LogP contribution >= 0.6 is 49.9 Å². The summed E-state index contributed by atoms with van der Waals surface area (Å²) in [6, 6.07) is 13.5. The molecule has 2 aromatic carbocycles. The van der Waals surface area contributed by atoms with Gasteiger partial charge in [0.1, 0.15) is 17.4 Å². The third-order valence-electron chi connectivity index (χ3n) is 5.11. The average Bonchev–Trinajstić information content (AvgIpc) is 3.16. The standard InChI is InChI=1S/C25H22BrIN2O2S/c1-2-12-31-23-16(13-17(26)14-20(23)27)15-28-25-22(19-10-6-7-11-21(19)32-25)24(30)29-18-8-4-3-5-9-18/h2-5,8-9,13-15H,1,6-7,10-12H2,(H,29,30). The van der Waals surface area contributed by atoms with E-state index in [9.17, 15) is 4.79 Å². The molecule has 0 bridgehead atoms. The van der Waals surface area contributed by atoms with Crippen LogP contribution in [-0.4, -0.2) is 18.7 Å². The maximum absolute atomic E-state index is 13.3. The third kappa shape index (κ3) is 5.32. The lowest BCUT2D eigenvalue weighted by Crippen LogP contribution is -2.14. The number of rotatable bonds is 7. The Morgan fingerprint density at radius 2 is 2.03 bits per heavy atom. The van der Waals surface area contributed by atoms with Gasteiger partial charge in [-0.3, -0.25) is 4.79 Å². The molecule has 4 nitrogen and oxygen atoms in total. The van der Waals surface area contributed by atoms with Crippen molar-refractivity contribution in [1.29, 1.82) is 0 Å². The number of hydrogen-bond donors (Lipinski definition) is 1. The fraction of sp³-hybridized carbons (Fsp3) is 0.200. The van der Waals surface area contributed by atoms with Gasteiger partial charge in [-0.25, -0.2) is 4.99 Å². The number of carbonyl (C=O) groups excluding carboxylic acids is 1. The van der Waals surface area contributed by atoms with Crippen LogP contribution < -0.4 is 10.1 Å². The molecular weight excluding hydrogens is 599 g/mol. The Morgan fingerprint density at radius 1 is 1.25 bits per heavy atom. The van der Waals surface area contributed by atoms with E-state index in [2.05, 4.69) is 50.4 Å². The molecule has 0 spiro atoms. The van der Waals surface area contributed by atoms with Crippen molar-refractivity contribution < 1.29 is 9.53 Å². The minimum atomic E-state index is -0.102. The van der Waals surface area contributed by atoms with Gasteiger partial charge in [0.15, 0.2) is 0 Å². The van der Waals surface area contributed by atoms with E-state index in [1.807, 2.05) is 42.5 Å². The van der Waals surface area contributed by atoms with Crippen molar-refractivity contribution >= 4 is 72.7 Å². The minimum absolute atomic E-state index is 0.102. The van der Waals surface area contributed by atoms with E-state index < -0.39 is 0 Å². The number of hydrogen-bond acceptors (Lipinski definition) is 4. The molecule has 1 aromatic heterocycles. The zero-order chi connectivity index (χ0) is 22.5. The molecule has 1 aliphatic rings. The zero-order valence-corrected chi connectivity index (χ0v) is 21.9. The average molecular weight is 621 g/mol. The maximum atomic E-state index is 13.3. The molecule has 1 amide bonds. The number of benzene rings is 2. The Hall–Kier alpha value is -1.97. The Kier molecular flexibility index (Phi) is 7.80. The molecule has 3 aromatic rings. The number of ether oxygens (including phenoxy) is 1. The first kappa shape index (κ1) is 23.2. The highest BCUT2D eigenvalue weighted by Crippen LogP contribution is 2.40. The summed E-state index contributed by atoms with van der Waals surface area (Å²) in [6.07, 6.45) is 7.69. The predicted octanol–water partition coefficient (Wildman–Crippen LogP) is 7.56. The second-order valence-corrected chi connectivity index (χ2v) is 10.5. The van der Waals surface area contributed by atoms with Crippen molar-refractivity contribution in [3.63, 3.8) is 0 Å². The van der Waals surface area contributed by atoms with E-state index in [1.165, 1.54) is 4.88 Å². The van der Waals surface area contributed by atoms with Crippen molar-refractivity contribution in [2.45, 2.75) is 25.7 Å². The lowest BCUT2D eigenvalue weighted by molar-refractivity contribution is 0.102. The highest BCUT2D eigenvalue weighted by Gasteiger charge is 2.25. The third-order valence-corrected chi connectivity index (χ3v) is 7.57. The van der Waals surface area contributed by atoms with Crippen molar-refractivity contribution in [3.8, 4) is 5.75 Å². The van der Waals surface area contributed by atoms with Crippen molar-refractivity contribution in [3.05, 3.63) is 84.7 Å². The topological polar surface area (TPSA) is 50.7 Å². The number of aryl methyl sites for hydroxylation is 1. The number of aliphatic imine (C=N–C) groups is 1. The predicted molar refractivity (Wildman–Crippen MR) is 145 cm³/mol. The number of anilines is 1. The van der Waals surface area contributed by atoms with Crippen LogP contribution in [0.5, 0.6) is 5.75 Å². The number of fused-ring (bicyclic) bond motifs is 1. The van der Waals surface area contributed by atoms with Gasteiger partial charge in [0.25, 0.3) is 5.91 Å². The quantitative estimate of drug-likeness (QED) is 0.168. The lowest BCUT2D eigenvalue weighted by atomic mass is 9.95. The molecule has 32 heavy (non-hydrogen) atoms. The van der Waals surface area contributed by atoms with Crippen molar-refractivity contribution in [2.75, 3.05) is 11.9 Å². The van der Waals surface area contributed by atoms with E-state index in [-0.39, 0.29) is 5.91 Å². The molecule has 0 atom stereocenters. The second kappa shape index (κ2) is 10.8. The van der Waals surface area contributed by atoms with Crippen LogP contribution in [0.25, 0.3) is 0 Å². The normalized spacial score (nSPS) is 13.1. The number of carbonyl (C=O) groups is 1. The SMILES string of the molecule is C=CCOc1c(I)cc(Br)cc1C=Nc1sc2c(c1C(=O)Nc1ccccc1)CCCC2. The van der Waals surface area contributed by atoms with Gasteiger partial charge in [0.2, 0.25) is 0 Å². The number of halogens is 2. The summed E-state index contributed by atoms with van der Waals surface area (Å²) in [5.41, 5.74) is 3.48. The molecule has 0 radical (unpaired) electrons. The highest BCUT2D eigenvalue weighted by molar-refractivity contribution is 14.1. The highest BCUT2D eigenvalue weighted by atomic mass is 127. The van der Waals surface area contributed by atoms with Crippen LogP contribution in [0.1, 0.15) is 39.2 Å². The number of para-hydroxylation sites is 1. The monoisotopic (exact) mass is 620 g/mol. The van der Waals surface area contributed by atoms with Crippen LogP contribution in [0.3, 0.4) is 0 Å². The number of nitrogens with one attached hydrogen (secondary N) is 1. The molecular formula is C25H22BrIN2O2S. The van der Waals surface area contributed by atoms with Crippen molar-refractivity contribution in [2.24, 2.45) is 4.99 Å². The lowest BCUT2D eigenvalue weighted by Gasteiger charge is -2.13. The van der Waals surface area contributed by atoms with Crippen molar-refractivity contribution in [1.82, 2.24) is 0 Å². The number of thiophene rings is 1. The molecule has 7 heteroatoms. The second-order valence-electron chi connectivity index (χ2n) is 7.38. The summed E-state index contributed by atoms with van der Waals surface area (Å²) in [7, 11) is 0. The van der Waals surface area contributed by atoms with Gasteiger partial charge < -0.3 is 10.1 Å². The first-order chi connectivity index (χ1) is 15.6. The van der Waals surface area contributed by atoms with E-state index in [0.717, 1.165) is 61.3 Å². The molecule has 4 rings (SSSR count). The minimum Gasteiger partial charge on any atom is -0.488 e. The van der Waals surface area contributed by atoms with Gasteiger partial charge in [0.05, 0.1) is 9.13 Å². The fourth-order valence-corrected chi connectivity index (χ4v) is 6.63. The fourth-order valence-electron chi connectivity index (χ4n) is 3.69. The van der Waals surface area contributed by atoms with Crippen LogP contribution in [0.2, 0.25) is 0 Å². The van der Waals surface area contributed by atoms with E-state index in [1.54, 1.807) is 23.6 Å². The van der Waals surface area contributed by atoms with E-state index in [4.69, 9.17) is 9.73 Å². The van der Waals surface area contributed by atoms with Gasteiger partial charge in [-0.05, 0) is 78.1 Å². The largest absolute Gasteiger partial charge is 0.488 e. The smallest absolute Gasteiger partial charge is 0.259 e. The summed E-state index contributed by atoms with van der Waals surface area (Å²) in [6.45, 7) is 4.15. The van der Waals surface area contributed by atoms with Gasteiger partial charge in [-0.2, -0.15) is 0 Å². The Labute approximate surface area is 214 Å². The van der Waals surface area contributed by atoms with Gasteiger partial charge >= 0.3 is 0 Å². The zero-order valence-electron chi connectivity index (χ0n) is 17.4. The molecule has 0 unspecified atom stereocenters. The Morgan fingerprint density at radius 3 is 2.81 bits per heavy atom. The van der Waals surface area contributed by atoms with Crippen LogP contribution in [-0.2, 0) is 12.8 Å². The van der Waals surface area contributed by atoms with E-state index in [0.29, 0.717) is 12.2 Å². The maximum Gasteiger partial charge on any atom is 0.259 e. The van der Waals surface area contributed by atoms with Gasteiger partial charge in [0, 0.05) is 26.8 Å². The van der Waals surface area contributed by atoms with Gasteiger partial charge in [-0.1, -0.05) is 46.8 Å². The molecule has 0 fully saturated rings. The molecule has 1 N–H and O–H groups in total. The molecule has 0 saturated heterocycles. The first-order valence-corrected chi connectivity index (χ1v) is 13.0. The summed E-state index contributed by atoms with van der Waals surface area (Å²) in [5, 5.41) is 3.79. The number of nitrogens with zero attached hydrogens (tertiary/aromatic N) is 1. The molecule has 164 valence electrons. The molecule has 0 saturated carbocycles. The van der Waals surface area contributed by atoms with E-state index >= 15 is 0 Å². The summed E-state index contributed by atoms with van der Waals surface area (Å²) in [4.78, 5) is 19.3.